The number of nitrogens with one attached hydrogen (secondary N) is 1. The Labute approximate surface area is 148 Å². The van der Waals surface area contributed by atoms with Crippen molar-refractivity contribution in [3.05, 3.63) is 17.6 Å². The zero-order valence-corrected chi connectivity index (χ0v) is 15.1. The zero-order chi connectivity index (χ0) is 17.8. The topological polar surface area (TPSA) is 78.4 Å². The lowest BCUT2D eigenvalue weighted by Crippen LogP contribution is -2.42. The third-order valence-corrected chi connectivity index (χ3v) is 5.03. The van der Waals surface area contributed by atoms with Crippen molar-refractivity contribution in [2.24, 2.45) is 0 Å². The van der Waals surface area contributed by atoms with Gasteiger partial charge in [0, 0.05) is 32.6 Å². The van der Waals surface area contributed by atoms with Crippen molar-refractivity contribution >= 4 is 17.6 Å². The van der Waals surface area contributed by atoms with E-state index in [4.69, 9.17) is 0 Å². The van der Waals surface area contributed by atoms with Crippen LogP contribution in [0.5, 0.6) is 0 Å². The van der Waals surface area contributed by atoms with Crippen molar-refractivity contribution in [3.8, 4) is 0 Å². The molecule has 1 atom stereocenters. The number of anilines is 1. The predicted octanol–water partition coefficient (Wildman–Crippen LogP) is 1.89. The summed E-state index contributed by atoms with van der Waals surface area (Å²) in [4.78, 5) is 37.5. The van der Waals surface area contributed by atoms with Crippen LogP contribution in [0.15, 0.2) is 6.07 Å². The highest BCUT2D eigenvalue weighted by atomic mass is 16.2. The van der Waals surface area contributed by atoms with E-state index in [1.54, 1.807) is 4.90 Å². The normalized spacial score (nSPS) is 21.4. The van der Waals surface area contributed by atoms with Crippen LogP contribution in [0.2, 0.25) is 0 Å². The lowest BCUT2D eigenvalue weighted by Gasteiger charge is -2.28. The maximum Gasteiger partial charge on any atom is 0.242 e. The summed E-state index contributed by atoms with van der Waals surface area (Å²) in [5.41, 5.74) is 0.880. The summed E-state index contributed by atoms with van der Waals surface area (Å²) in [6, 6.07) is 1.89. The van der Waals surface area contributed by atoms with E-state index in [0.29, 0.717) is 18.8 Å². The molecule has 0 saturated carbocycles. The molecule has 1 N–H and O–H groups in total. The third kappa shape index (κ3) is 4.08. The van der Waals surface area contributed by atoms with Crippen LogP contribution in [0.4, 0.5) is 5.82 Å². The molecule has 2 aliphatic rings. The number of hydrogen-bond acceptors (Lipinski definition) is 5. The van der Waals surface area contributed by atoms with Crippen molar-refractivity contribution in [1.82, 2.24) is 19.8 Å². The van der Waals surface area contributed by atoms with Gasteiger partial charge in [0.1, 0.15) is 11.6 Å². The Kier molecular flexibility index (Phi) is 5.50. The minimum Gasteiger partial charge on any atom is -0.373 e. The van der Waals surface area contributed by atoms with Gasteiger partial charge in [-0.25, -0.2) is 9.97 Å². The highest BCUT2D eigenvalue weighted by Crippen LogP contribution is 2.32. The Morgan fingerprint density at radius 3 is 2.88 bits per heavy atom. The molecule has 0 radical (unpaired) electrons. The first-order valence-electron chi connectivity index (χ1n) is 9.19. The van der Waals surface area contributed by atoms with Gasteiger partial charge >= 0.3 is 0 Å². The Morgan fingerprint density at radius 1 is 1.24 bits per heavy atom. The van der Waals surface area contributed by atoms with Gasteiger partial charge in [0.15, 0.2) is 0 Å². The minimum atomic E-state index is -0.0246. The van der Waals surface area contributed by atoms with E-state index >= 15 is 0 Å². The monoisotopic (exact) mass is 345 g/mol. The highest BCUT2D eigenvalue weighted by molar-refractivity contribution is 5.85. The SMILES string of the molecule is CNc1cc([C@H]2CCCN2C(=O)CN2CCCCCC2=O)nc(C)n1. The summed E-state index contributed by atoms with van der Waals surface area (Å²) < 4.78 is 0. The summed E-state index contributed by atoms with van der Waals surface area (Å²) in [6.07, 6.45) is 5.41. The second kappa shape index (κ2) is 7.80. The van der Waals surface area contributed by atoms with Crippen LogP contribution in [0.25, 0.3) is 0 Å². The van der Waals surface area contributed by atoms with E-state index in [0.717, 1.165) is 50.2 Å². The number of hydrogen-bond donors (Lipinski definition) is 1. The molecule has 3 heterocycles. The van der Waals surface area contributed by atoms with Crippen LogP contribution in [-0.2, 0) is 9.59 Å². The first kappa shape index (κ1) is 17.6. The van der Waals surface area contributed by atoms with E-state index in [2.05, 4.69) is 15.3 Å². The lowest BCUT2D eigenvalue weighted by atomic mass is 10.1. The molecule has 1 aromatic rings. The smallest absolute Gasteiger partial charge is 0.242 e. The predicted molar refractivity (Wildman–Crippen MR) is 95.1 cm³/mol. The van der Waals surface area contributed by atoms with E-state index in [-0.39, 0.29) is 24.4 Å². The molecule has 3 rings (SSSR count). The number of carbonyl (C=O) groups excluding carboxylic acids is 2. The molecule has 136 valence electrons. The van der Waals surface area contributed by atoms with E-state index in [1.165, 1.54) is 0 Å². The van der Waals surface area contributed by atoms with E-state index in [9.17, 15) is 9.59 Å². The maximum absolute atomic E-state index is 12.9. The average molecular weight is 345 g/mol. The third-order valence-electron chi connectivity index (χ3n) is 5.03. The lowest BCUT2D eigenvalue weighted by molar-refractivity contribution is -0.140. The van der Waals surface area contributed by atoms with E-state index < -0.39 is 0 Å². The summed E-state index contributed by atoms with van der Waals surface area (Å²) in [7, 11) is 1.83. The molecule has 7 nitrogen and oxygen atoms in total. The van der Waals surface area contributed by atoms with Crippen LogP contribution in [0.1, 0.15) is 56.1 Å². The van der Waals surface area contributed by atoms with Gasteiger partial charge in [0.05, 0.1) is 18.3 Å². The molecule has 0 unspecified atom stereocenters. The average Bonchev–Trinajstić information content (AvgIpc) is 3.01. The molecule has 0 spiro atoms. The molecule has 2 amide bonds. The number of amides is 2. The van der Waals surface area contributed by atoms with Crippen LogP contribution >= 0.6 is 0 Å². The van der Waals surface area contributed by atoms with Gasteiger partial charge in [-0.15, -0.1) is 0 Å². The molecular formula is C18H27N5O2. The fourth-order valence-corrected chi connectivity index (χ4v) is 3.72. The number of rotatable bonds is 4. The molecule has 2 aliphatic heterocycles. The van der Waals surface area contributed by atoms with Crippen LogP contribution < -0.4 is 5.32 Å². The standard InChI is InChI=1S/C18H27N5O2/c1-13-20-14(11-16(19-2)21-13)15-7-6-10-23(15)18(25)12-22-9-5-3-4-8-17(22)24/h11,15H,3-10,12H2,1-2H3,(H,19,20,21)/t15-/m1/s1. The van der Waals surface area contributed by atoms with Gasteiger partial charge in [-0.3, -0.25) is 9.59 Å². The molecule has 25 heavy (non-hydrogen) atoms. The first-order chi connectivity index (χ1) is 12.1. The fraction of sp³-hybridized carbons (Fsp3) is 0.667. The largest absolute Gasteiger partial charge is 0.373 e. The number of carbonyl (C=O) groups is 2. The van der Waals surface area contributed by atoms with Gasteiger partial charge in [0.25, 0.3) is 0 Å². The van der Waals surface area contributed by atoms with Crippen molar-refractivity contribution in [2.75, 3.05) is 32.0 Å². The summed E-state index contributed by atoms with van der Waals surface area (Å²) >= 11 is 0. The highest BCUT2D eigenvalue weighted by Gasteiger charge is 2.33. The van der Waals surface area contributed by atoms with E-state index in [1.807, 2.05) is 24.9 Å². The van der Waals surface area contributed by atoms with Crippen molar-refractivity contribution < 1.29 is 9.59 Å². The van der Waals surface area contributed by atoms with Gasteiger partial charge in [0.2, 0.25) is 11.8 Å². The Morgan fingerprint density at radius 2 is 2.08 bits per heavy atom. The Hall–Kier alpha value is -2.18. The molecule has 0 aliphatic carbocycles. The maximum atomic E-state index is 12.9. The zero-order valence-electron chi connectivity index (χ0n) is 15.1. The number of aryl methyl sites for hydroxylation is 1. The molecular weight excluding hydrogens is 318 g/mol. The molecule has 1 aromatic heterocycles. The van der Waals surface area contributed by atoms with Crippen LogP contribution in [0, 0.1) is 6.92 Å². The minimum absolute atomic E-state index is 0.0246. The Balaban J connectivity index is 1.73. The van der Waals surface area contributed by atoms with Gasteiger partial charge in [-0.1, -0.05) is 6.42 Å². The fourth-order valence-electron chi connectivity index (χ4n) is 3.72. The molecule has 7 heteroatoms. The van der Waals surface area contributed by atoms with Gasteiger partial charge in [-0.05, 0) is 32.6 Å². The second-order valence-corrected chi connectivity index (χ2v) is 6.85. The quantitative estimate of drug-likeness (QED) is 0.902. The number of aromatic nitrogens is 2. The van der Waals surface area contributed by atoms with Crippen molar-refractivity contribution in [1.29, 1.82) is 0 Å². The molecule has 2 saturated heterocycles. The van der Waals surface area contributed by atoms with Crippen molar-refractivity contribution in [3.63, 3.8) is 0 Å². The van der Waals surface area contributed by atoms with Crippen LogP contribution in [0.3, 0.4) is 0 Å². The number of nitrogens with zero attached hydrogens (tertiary/aromatic N) is 4. The van der Waals surface area contributed by atoms with Gasteiger partial charge < -0.3 is 15.1 Å². The second-order valence-electron chi connectivity index (χ2n) is 6.85. The summed E-state index contributed by atoms with van der Waals surface area (Å²) in [5, 5.41) is 3.05. The summed E-state index contributed by atoms with van der Waals surface area (Å²) in [6.45, 7) is 3.47. The van der Waals surface area contributed by atoms with Gasteiger partial charge in [-0.2, -0.15) is 0 Å². The number of likely N-dealkylation sites (tertiary alicyclic amines) is 2. The molecule has 2 fully saturated rings. The summed E-state index contributed by atoms with van der Waals surface area (Å²) in [5.74, 6) is 1.60. The van der Waals surface area contributed by atoms with Crippen LogP contribution in [-0.4, -0.2) is 58.3 Å². The van der Waals surface area contributed by atoms with Crippen molar-refractivity contribution in [2.45, 2.75) is 51.5 Å². The molecule has 0 aromatic carbocycles. The Bertz CT molecular complexity index is 648. The first-order valence-corrected chi connectivity index (χ1v) is 9.19. The molecule has 0 bridgehead atoms.